The van der Waals surface area contributed by atoms with Crippen molar-refractivity contribution in [2.75, 3.05) is 0 Å². The zero-order valence-corrected chi connectivity index (χ0v) is 32.4. The fourth-order valence-electron chi connectivity index (χ4n) is 4.62. The van der Waals surface area contributed by atoms with Crippen molar-refractivity contribution >= 4 is 0 Å². The van der Waals surface area contributed by atoms with Gasteiger partial charge in [-0.15, -0.1) is 35.4 Å². The maximum atomic E-state index is 9.76. The predicted molar refractivity (Wildman–Crippen MR) is 190 cm³/mol. The normalized spacial score (nSPS) is 13.6. The van der Waals surface area contributed by atoms with Gasteiger partial charge in [0.15, 0.2) is 0 Å². The monoisotopic (exact) mass is 800 g/mol. The molecule has 0 aliphatic rings. The second-order valence-corrected chi connectivity index (χ2v) is 16.4. The summed E-state index contributed by atoms with van der Waals surface area (Å²) in [5.74, 6) is 0. The fraction of sp³-hybridized carbons (Fsp3) is 0.463. The minimum atomic E-state index is -0.443. The molecule has 0 bridgehead atoms. The standard InChI is InChI=1S/C30H31N2.C11H24O2.Ir/c1-29(2,3)24-16-12-22(13-17-24)27-28(23-14-18-25(19-15-23)30(4,5)6)32-26(20-31-27)21-10-8-7-9-11-21;1-10(2,3)8(12)7-9(13)11(4,5)6;/h7-12,14-20H,1-6H3;8-9,12-13H,7H2,1-6H3;/q-1;;. The molecule has 4 rings (SSSR count). The third-order valence-electron chi connectivity index (χ3n) is 8.25. The van der Waals surface area contributed by atoms with Crippen molar-refractivity contribution in [3.63, 3.8) is 0 Å². The molecule has 46 heavy (non-hydrogen) atoms. The van der Waals surface area contributed by atoms with Crippen molar-refractivity contribution in [2.45, 2.75) is 113 Å². The summed E-state index contributed by atoms with van der Waals surface area (Å²) in [6, 6.07) is 28.8. The van der Waals surface area contributed by atoms with Gasteiger partial charge in [-0.05, 0) is 32.8 Å². The van der Waals surface area contributed by atoms with Crippen LogP contribution in [0.25, 0.3) is 33.8 Å². The molecule has 2 N–H and O–H groups in total. The van der Waals surface area contributed by atoms with E-state index in [1.807, 2.05) is 65.9 Å². The minimum Gasteiger partial charge on any atom is -0.392 e. The smallest absolute Gasteiger partial charge is 0.0873 e. The molecule has 0 amide bonds. The van der Waals surface area contributed by atoms with E-state index in [4.69, 9.17) is 9.97 Å². The molecule has 0 spiro atoms. The largest absolute Gasteiger partial charge is 0.392 e. The molecule has 4 aromatic rings. The fourth-order valence-corrected chi connectivity index (χ4v) is 4.62. The first-order valence-electron chi connectivity index (χ1n) is 16.1. The number of hydrogen-bond acceptors (Lipinski definition) is 4. The Labute approximate surface area is 292 Å². The summed E-state index contributed by atoms with van der Waals surface area (Å²) in [5.41, 5.74) is 8.15. The van der Waals surface area contributed by atoms with E-state index in [2.05, 4.69) is 102 Å². The molecule has 0 aliphatic heterocycles. The Morgan fingerprint density at radius 3 is 1.54 bits per heavy atom. The van der Waals surface area contributed by atoms with Crippen LogP contribution in [-0.2, 0) is 30.9 Å². The Morgan fingerprint density at radius 2 is 1.11 bits per heavy atom. The van der Waals surface area contributed by atoms with Gasteiger partial charge in [0, 0.05) is 44.0 Å². The summed E-state index contributed by atoms with van der Waals surface area (Å²) in [4.78, 5) is 9.94. The molecule has 3 aromatic carbocycles. The minimum absolute atomic E-state index is 0. The van der Waals surface area contributed by atoms with Gasteiger partial charge < -0.3 is 15.2 Å². The summed E-state index contributed by atoms with van der Waals surface area (Å²) in [6.45, 7) is 25.2. The van der Waals surface area contributed by atoms with Crippen molar-refractivity contribution in [2.24, 2.45) is 10.8 Å². The zero-order valence-electron chi connectivity index (χ0n) is 30.0. The molecule has 1 heterocycles. The van der Waals surface area contributed by atoms with Crippen LogP contribution < -0.4 is 0 Å². The third kappa shape index (κ3) is 10.9. The van der Waals surface area contributed by atoms with Crippen LogP contribution in [0.5, 0.6) is 0 Å². The number of hydrogen-bond donors (Lipinski definition) is 2. The van der Waals surface area contributed by atoms with Gasteiger partial charge >= 0.3 is 0 Å². The van der Waals surface area contributed by atoms with Gasteiger partial charge in [0.1, 0.15) is 0 Å². The van der Waals surface area contributed by atoms with E-state index < -0.39 is 12.2 Å². The Morgan fingerprint density at radius 1 is 0.609 bits per heavy atom. The summed E-state index contributed by atoms with van der Waals surface area (Å²) < 4.78 is 0. The molecule has 2 unspecified atom stereocenters. The molecule has 0 saturated heterocycles. The molecular weight excluding hydrogens is 745 g/mol. The molecule has 4 nitrogen and oxygen atoms in total. The molecule has 0 saturated carbocycles. The van der Waals surface area contributed by atoms with Crippen LogP contribution in [0.15, 0.2) is 79.0 Å². The molecule has 0 fully saturated rings. The average molecular weight is 800 g/mol. The second-order valence-electron chi connectivity index (χ2n) is 16.4. The van der Waals surface area contributed by atoms with Crippen molar-refractivity contribution < 1.29 is 30.3 Å². The van der Waals surface area contributed by atoms with Crippen LogP contribution in [0, 0.1) is 16.9 Å². The average Bonchev–Trinajstić information content (AvgIpc) is 2.96. The quantitative estimate of drug-likeness (QED) is 0.197. The molecule has 1 aromatic heterocycles. The van der Waals surface area contributed by atoms with Gasteiger partial charge in [0.05, 0.1) is 23.6 Å². The molecular formula is C41H55IrN2O2-. The molecule has 5 heteroatoms. The zero-order chi connectivity index (χ0) is 33.8. The first-order valence-corrected chi connectivity index (χ1v) is 16.1. The number of benzene rings is 3. The topological polar surface area (TPSA) is 66.2 Å². The summed E-state index contributed by atoms with van der Waals surface area (Å²) >= 11 is 0. The van der Waals surface area contributed by atoms with E-state index in [1.54, 1.807) is 0 Å². The van der Waals surface area contributed by atoms with Gasteiger partial charge in [0.25, 0.3) is 0 Å². The van der Waals surface area contributed by atoms with Crippen LogP contribution >= 0.6 is 0 Å². The number of rotatable bonds is 5. The van der Waals surface area contributed by atoms with Crippen LogP contribution in [-0.4, -0.2) is 32.4 Å². The van der Waals surface area contributed by atoms with Crippen LogP contribution in [0.4, 0.5) is 0 Å². The van der Waals surface area contributed by atoms with Gasteiger partial charge in [-0.3, -0.25) is 4.98 Å². The summed E-state index contributed by atoms with van der Waals surface area (Å²) in [6.07, 6.45) is 1.43. The second kappa shape index (κ2) is 15.5. The van der Waals surface area contributed by atoms with E-state index in [9.17, 15) is 10.2 Å². The molecule has 1 radical (unpaired) electrons. The maximum Gasteiger partial charge on any atom is 0.0873 e. The maximum absolute atomic E-state index is 9.76. The summed E-state index contributed by atoms with van der Waals surface area (Å²) in [7, 11) is 0. The van der Waals surface area contributed by atoms with Crippen molar-refractivity contribution in [1.29, 1.82) is 0 Å². The first kappa shape index (κ1) is 39.5. The molecule has 2 atom stereocenters. The van der Waals surface area contributed by atoms with E-state index in [1.165, 1.54) is 11.1 Å². The third-order valence-corrected chi connectivity index (χ3v) is 8.25. The Kier molecular flexibility index (Phi) is 13.3. The van der Waals surface area contributed by atoms with E-state index in [0.29, 0.717) is 6.42 Å². The number of nitrogens with zero attached hydrogens (tertiary/aromatic N) is 2. The van der Waals surface area contributed by atoms with Gasteiger partial charge in [-0.25, -0.2) is 0 Å². The Balaban J connectivity index is 0.000000449. The van der Waals surface area contributed by atoms with Crippen LogP contribution in [0.3, 0.4) is 0 Å². The van der Waals surface area contributed by atoms with Crippen LogP contribution in [0.2, 0.25) is 0 Å². The Hall–Kier alpha value is -2.69. The predicted octanol–water partition coefficient (Wildman–Crippen LogP) is 10.1. The number of aliphatic hydroxyl groups excluding tert-OH is 2. The molecule has 0 aliphatic carbocycles. The molecule has 251 valence electrons. The number of aromatic nitrogens is 2. The van der Waals surface area contributed by atoms with Gasteiger partial charge in [-0.1, -0.05) is 138 Å². The van der Waals surface area contributed by atoms with Gasteiger partial charge in [0.2, 0.25) is 0 Å². The van der Waals surface area contributed by atoms with Crippen molar-refractivity contribution in [3.8, 4) is 33.8 Å². The van der Waals surface area contributed by atoms with Gasteiger partial charge in [-0.2, -0.15) is 0 Å². The van der Waals surface area contributed by atoms with Crippen LogP contribution in [0.1, 0.15) is 101 Å². The van der Waals surface area contributed by atoms with E-state index >= 15 is 0 Å². The Bertz CT molecular complexity index is 1490. The summed E-state index contributed by atoms with van der Waals surface area (Å²) in [5, 5.41) is 19.5. The van der Waals surface area contributed by atoms with E-state index in [0.717, 1.165) is 33.8 Å². The SMILES string of the molecule is CC(C)(C)C(O)CC(O)C(C)(C)C.CC(C)(C)c1c[c-]c(-c2ncc(-c3ccccc3)nc2-c2ccc(C(C)(C)C)cc2)cc1.[Ir]. The van der Waals surface area contributed by atoms with Crippen molar-refractivity contribution in [3.05, 3.63) is 96.2 Å². The first-order chi connectivity index (χ1) is 20.7. The van der Waals surface area contributed by atoms with E-state index in [-0.39, 0.29) is 41.8 Å². The van der Waals surface area contributed by atoms with Crippen molar-refractivity contribution in [1.82, 2.24) is 9.97 Å². The number of aliphatic hydroxyl groups is 2.